The van der Waals surface area contributed by atoms with Crippen LogP contribution in [0, 0.1) is 6.92 Å². The molecule has 0 aliphatic carbocycles. The predicted octanol–water partition coefficient (Wildman–Crippen LogP) is -0.443. The Balaban J connectivity index is 1.67. The largest absolute Gasteiger partial charge is 0.508 e. The van der Waals surface area contributed by atoms with Gasteiger partial charge in [-0.3, -0.25) is 4.79 Å². The first-order valence-corrected chi connectivity index (χ1v) is 10.0. The molecular weight excluding hydrogens is 424 g/mol. The van der Waals surface area contributed by atoms with E-state index in [2.05, 4.69) is 0 Å². The molecule has 0 saturated carbocycles. The van der Waals surface area contributed by atoms with Gasteiger partial charge in [-0.25, -0.2) is 0 Å². The number of fused-ring (bicyclic) bond motifs is 1. The van der Waals surface area contributed by atoms with E-state index in [1.807, 2.05) is 0 Å². The first kappa shape index (κ1) is 22.5. The van der Waals surface area contributed by atoms with Gasteiger partial charge in [-0.15, -0.1) is 0 Å². The SMILES string of the molecule is Cc1cc(OC2OC(CO)C(O)C(O)C2O)c2c(c1)O[C@H](c1ccc(O)cc1)[C@@H](O)C2=O. The van der Waals surface area contributed by atoms with Crippen molar-refractivity contribution in [3.63, 3.8) is 0 Å². The van der Waals surface area contributed by atoms with Gasteiger partial charge >= 0.3 is 0 Å². The van der Waals surface area contributed by atoms with Crippen LogP contribution in [-0.2, 0) is 4.74 Å². The van der Waals surface area contributed by atoms with Crippen molar-refractivity contribution in [3.8, 4) is 17.2 Å². The van der Waals surface area contributed by atoms with Gasteiger partial charge < -0.3 is 44.8 Å². The minimum Gasteiger partial charge on any atom is -0.508 e. The lowest BCUT2D eigenvalue weighted by atomic mass is 9.92. The van der Waals surface area contributed by atoms with Crippen molar-refractivity contribution in [2.75, 3.05) is 6.61 Å². The number of ketones is 1. The van der Waals surface area contributed by atoms with Gasteiger partial charge in [0, 0.05) is 0 Å². The van der Waals surface area contributed by atoms with Crippen LogP contribution in [0.15, 0.2) is 36.4 Å². The van der Waals surface area contributed by atoms with Crippen molar-refractivity contribution in [3.05, 3.63) is 53.1 Å². The Hall–Kier alpha value is -2.73. The number of ether oxygens (including phenoxy) is 3. The lowest BCUT2D eigenvalue weighted by Crippen LogP contribution is -2.60. The molecule has 10 nitrogen and oxygen atoms in total. The summed E-state index contributed by atoms with van der Waals surface area (Å²) in [6.07, 6.45) is -10.2. The maximum Gasteiger partial charge on any atom is 0.229 e. The first-order chi connectivity index (χ1) is 15.2. The molecule has 1 fully saturated rings. The van der Waals surface area contributed by atoms with Gasteiger partial charge in [0.1, 0.15) is 47.2 Å². The zero-order valence-corrected chi connectivity index (χ0v) is 17.0. The van der Waals surface area contributed by atoms with E-state index in [1.54, 1.807) is 13.0 Å². The van der Waals surface area contributed by atoms with Gasteiger partial charge in [-0.1, -0.05) is 12.1 Å². The Morgan fingerprint density at radius 1 is 1.00 bits per heavy atom. The number of carbonyl (C=O) groups excluding carboxylic acids is 1. The number of phenolic OH excluding ortho intramolecular Hbond substituents is 1. The average Bonchev–Trinajstić information content (AvgIpc) is 2.77. The maximum atomic E-state index is 13.1. The Kier molecular flexibility index (Phi) is 6.08. The molecular formula is C22H24O10. The Bertz CT molecular complexity index is 989. The zero-order valence-electron chi connectivity index (χ0n) is 17.0. The van der Waals surface area contributed by atoms with Crippen LogP contribution in [0.2, 0.25) is 0 Å². The van der Waals surface area contributed by atoms with Gasteiger partial charge in [0.2, 0.25) is 12.1 Å². The van der Waals surface area contributed by atoms with Crippen LogP contribution in [0.4, 0.5) is 0 Å². The number of rotatable bonds is 4. The molecule has 32 heavy (non-hydrogen) atoms. The third kappa shape index (κ3) is 3.92. The third-order valence-electron chi connectivity index (χ3n) is 5.58. The van der Waals surface area contributed by atoms with Gasteiger partial charge in [-0.05, 0) is 42.3 Å². The fourth-order valence-corrected chi connectivity index (χ4v) is 3.84. The second kappa shape index (κ2) is 8.66. The van der Waals surface area contributed by atoms with E-state index in [1.165, 1.54) is 30.3 Å². The molecule has 172 valence electrons. The molecule has 4 rings (SSSR count). The highest BCUT2D eigenvalue weighted by molar-refractivity contribution is 6.05. The summed E-state index contributed by atoms with van der Waals surface area (Å²) in [5.41, 5.74) is 1.04. The van der Waals surface area contributed by atoms with Crippen molar-refractivity contribution in [2.24, 2.45) is 0 Å². The minimum atomic E-state index is -1.67. The molecule has 10 heteroatoms. The quantitative estimate of drug-likeness (QED) is 0.361. The predicted molar refractivity (Wildman–Crippen MR) is 107 cm³/mol. The summed E-state index contributed by atoms with van der Waals surface area (Å²) < 4.78 is 16.9. The van der Waals surface area contributed by atoms with E-state index < -0.39 is 55.3 Å². The van der Waals surface area contributed by atoms with Crippen LogP contribution in [0.3, 0.4) is 0 Å². The molecule has 2 aliphatic rings. The van der Waals surface area contributed by atoms with E-state index in [9.17, 15) is 35.4 Å². The molecule has 0 aromatic heterocycles. The van der Waals surface area contributed by atoms with Crippen LogP contribution in [0.5, 0.6) is 17.2 Å². The molecule has 1 saturated heterocycles. The smallest absolute Gasteiger partial charge is 0.229 e. The van der Waals surface area contributed by atoms with Crippen LogP contribution in [-0.4, -0.2) is 79.8 Å². The van der Waals surface area contributed by atoms with Crippen LogP contribution >= 0.6 is 0 Å². The van der Waals surface area contributed by atoms with Crippen molar-refractivity contribution in [1.29, 1.82) is 0 Å². The van der Waals surface area contributed by atoms with Gasteiger partial charge in [-0.2, -0.15) is 0 Å². The van der Waals surface area contributed by atoms with E-state index in [0.29, 0.717) is 11.1 Å². The molecule has 6 N–H and O–H groups in total. The number of phenols is 1. The summed E-state index contributed by atoms with van der Waals surface area (Å²) in [5.74, 6) is -0.587. The lowest BCUT2D eigenvalue weighted by molar-refractivity contribution is -0.277. The molecule has 0 radical (unpaired) electrons. The molecule has 2 aliphatic heterocycles. The van der Waals surface area contributed by atoms with Gasteiger partial charge in [0.05, 0.1) is 6.61 Å². The Labute approximate surface area is 182 Å². The number of Topliss-reactive ketones (excluding diaryl/α,β-unsaturated/α-hetero) is 1. The molecule has 2 aromatic rings. The molecule has 2 heterocycles. The second-order valence-electron chi connectivity index (χ2n) is 7.89. The summed E-state index contributed by atoms with van der Waals surface area (Å²) in [6.45, 7) is 1.08. The van der Waals surface area contributed by atoms with E-state index in [0.717, 1.165) is 0 Å². The van der Waals surface area contributed by atoms with E-state index in [4.69, 9.17) is 14.2 Å². The normalized spacial score (nSPS) is 32.2. The molecule has 5 unspecified atom stereocenters. The number of hydrogen-bond donors (Lipinski definition) is 6. The number of benzene rings is 2. The van der Waals surface area contributed by atoms with Crippen LogP contribution in [0.1, 0.15) is 27.6 Å². The molecule has 0 amide bonds. The zero-order chi connectivity index (χ0) is 23.2. The monoisotopic (exact) mass is 448 g/mol. The molecule has 7 atom stereocenters. The average molecular weight is 448 g/mol. The Morgan fingerprint density at radius 3 is 2.34 bits per heavy atom. The number of carbonyl (C=O) groups is 1. The summed E-state index contributed by atoms with van der Waals surface area (Å²) in [5, 5.41) is 59.7. The van der Waals surface area contributed by atoms with E-state index in [-0.39, 0.29) is 22.8 Å². The highest BCUT2D eigenvalue weighted by atomic mass is 16.7. The standard InChI is InChI=1S/C22H24O10/c1-9-6-12-15(17(26)19(28)21(30-12)10-2-4-11(24)5-3-10)13(7-9)31-22-20(29)18(27)16(25)14(8-23)32-22/h2-7,14,16,18-25,27-29H,8H2,1H3/t14?,16?,18?,19-,20?,21+,22?/m0/s1. The first-order valence-electron chi connectivity index (χ1n) is 10.0. The van der Waals surface area contributed by atoms with Crippen molar-refractivity contribution < 1.29 is 49.6 Å². The van der Waals surface area contributed by atoms with Crippen molar-refractivity contribution in [2.45, 2.75) is 49.8 Å². The van der Waals surface area contributed by atoms with Gasteiger partial charge in [0.25, 0.3) is 0 Å². The fourth-order valence-electron chi connectivity index (χ4n) is 3.84. The topological polar surface area (TPSA) is 166 Å². The second-order valence-corrected chi connectivity index (χ2v) is 7.89. The van der Waals surface area contributed by atoms with Gasteiger partial charge in [0.15, 0.2) is 12.2 Å². The highest BCUT2D eigenvalue weighted by Gasteiger charge is 2.46. The highest BCUT2D eigenvalue weighted by Crippen LogP contribution is 2.41. The maximum absolute atomic E-state index is 13.1. The number of aliphatic hydroxyl groups excluding tert-OH is 5. The molecule has 0 bridgehead atoms. The third-order valence-corrected chi connectivity index (χ3v) is 5.58. The number of aryl methyl sites for hydroxylation is 1. The number of hydrogen-bond acceptors (Lipinski definition) is 10. The molecule has 0 spiro atoms. The molecule has 2 aromatic carbocycles. The van der Waals surface area contributed by atoms with Crippen LogP contribution < -0.4 is 9.47 Å². The number of aliphatic hydroxyl groups is 5. The summed E-state index contributed by atoms with van der Waals surface area (Å²) >= 11 is 0. The Morgan fingerprint density at radius 2 is 1.69 bits per heavy atom. The minimum absolute atomic E-state index is 0.0248. The summed E-state index contributed by atoms with van der Waals surface area (Å²) in [6, 6.07) is 8.96. The van der Waals surface area contributed by atoms with E-state index >= 15 is 0 Å². The van der Waals surface area contributed by atoms with Crippen molar-refractivity contribution >= 4 is 5.78 Å². The lowest BCUT2D eigenvalue weighted by Gasteiger charge is -2.40. The summed E-state index contributed by atoms with van der Waals surface area (Å²) in [4.78, 5) is 13.1. The van der Waals surface area contributed by atoms with Crippen LogP contribution in [0.25, 0.3) is 0 Å². The summed E-state index contributed by atoms with van der Waals surface area (Å²) in [7, 11) is 0. The fraction of sp³-hybridized carbons (Fsp3) is 0.409. The number of aromatic hydroxyl groups is 1. The van der Waals surface area contributed by atoms with Crippen molar-refractivity contribution in [1.82, 2.24) is 0 Å².